The summed E-state index contributed by atoms with van der Waals surface area (Å²) in [5.41, 5.74) is 2.72. The smallest absolute Gasteiger partial charge is 0.278 e. The molecule has 0 fully saturated rings. The molecule has 0 radical (unpaired) electrons. The van der Waals surface area contributed by atoms with E-state index in [1.807, 2.05) is 19.1 Å². The number of imide groups is 1. The van der Waals surface area contributed by atoms with E-state index in [9.17, 15) is 14.4 Å². The summed E-state index contributed by atoms with van der Waals surface area (Å²) in [6.07, 6.45) is 1.49. The van der Waals surface area contributed by atoms with Gasteiger partial charge in [0.2, 0.25) is 0 Å². The molecular weight excluding hydrogens is 550 g/mol. The van der Waals surface area contributed by atoms with Gasteiger partial charge in [-0.3, -0.25) is 19.3 Å². The number of rotatable bonds is 9. The summed E-state index contributed by atoms with van der Waals surface area (Å²) in [5.74, 6) is -0.169. The number of carbonyl (C=O) groups excluding carboxylic acids is 3. The zero-order valence-corrected chi connectivity index (χ0v) is 23.1. The summed E-state index contributed by atoms with van der Waals surface area (Å²) >= 11 is 7.06. The minimum absolute atomic E-state index is 0.000522. The Bertz CT molecular complexity index is 1600. The fourth-order valence-electron chi connectivity index (χ4n) is 4.04. The van der Waals surface area contributed by atoms with Crippen molar-refractivity contribution in [3.8, 4) is 5.75 Å². The quantitative estimate of drug-likeness (QED) is 0.221. The number of furan rings is 1. The first-order valence-corrected chi connectivity index (χ1v) is 13.4. The third-order valence-corrected chi connectivity index (χ3v) is 7.42. The fourth-order valence-corrected chi connectivity index (χ4v) is 5.12. The van der Waals surface area contributed by atoms with Crippen molar-refractivity contribution in [2.75, 3.05) is 17.7 Å². The van der Waals surface area contributed by atoms with Crippen molar-refractivity contribution in [1.82, 2.24) is 4.90 Å². The van der Waals surface area contributed by atoms with Gasteiger partial charge in [-0.2, -0.15) is 0 Å². The number of hydrogen-bond donors (Lipinski definition) is 2. The van der Waals surface area contributed by atoms with Gasteiger partial charge in [-0.1, -0.05) is 29.4 Å². The lowest BCUT2D eigenvalue weighted by Gasteiger charge is -2.15. The second kappa shape index (κ2) is 11.7. The predicted octanol–water partition coefficient (Wildman–Crippen LogP) is 6.49. The molecule has 10 heteroatoms. The van der Waals surface area contributed by atoms with Gasteiger partial charge in [0.25, 0.3) is 17.7 Å². The second-order valence-corrected chi connectivity index (χ2v) is 10.4. The number of nitrogens with zero attached hydrogens (tertiary/aromatic N) is 1. The van der Waals surface area contributed by atoms with E-state index in [4.69, 9.17) is 20.8 Å². The molecule has 0 atom stereocenters. The van der Waals surface area contributed by atoms with Crippen molar-refractivity contribution < 1.29 is 23.5 Å². The summed E-state index contributed by atoms with van der Waals surface area (Å²) < 4.78 is 10.8. The van der Waals surface area contributed by atoms with Gasteiger partial charge in [-0.15, -0.1) is 0 Å². The first-order chi connectivity index (χ1) is 19.3. The molecule has 0 aliphatic carbocycles. The molecule has 1 aromatic heterocycles. The average molecular weight is 574 g/mol. The summed E-state index contributed by atoms with van der Waals surface area (Å²) in [7, 11) is 1.54. The molecule has 3 amide bonds. The van der Waals surface area contributed by atoms with Crippen LogP contribution in [-0.2, 0) is 16.1 Å². The molecule has 1 aliphatic heterocycles. The van der Waals surface area contributed by atoms with Crippen molar-refractivity contribution in [1.29, 1.82) is 0 Å². The Balaban J connectivity index is 1.40. The lowest BCUT2D eigenvalue weighted by molar-refractivity contribution is -0.138. The van der Waals surface area contributed by atoms with Crippen LogP contribution < -0.4 is 15.4 Å². The fraction of sp³-hybridized carbons (Fsp3) is 0.100. The molecule has 2 N–H and O–H groups in total. The second-order valence-electron chi connectivity index (χ2n) is 8.90. The Morgan fingerprint density at radius 1 is 1.00 bits per heavy atom. The normalized spacial score (nSPS) is 13.1. The minimum Gasteiger partial charge on any atom is -0.495 e. The van der Waals surface area contributed by atoms with Gasteiger partial charge in [0.05, 0.1) is 25.6 Å². The van der Waals surface area contributed by atoms with Crippen LogP contribution in [0.4, 0.5) is 11.4 Å². The number of halogens is 1. The van der Waals surface area contributed by atoms with Gasteiger partial charge in [0.15, 0.2) is 0 Å². The summed E-state index contributed by atoms with van der Waals surface area (Å²) in [6, 6.07) is 22.5. The molecule has 0 unspecified atom stereocenters. The first kappa shape index (κ1) is 27.1. The van der Waals surface area contributed by atoms with Gasteiger partial charge in [0, 0.05) is 21.2 Å². The van der Waals surface area contributed by atoms with Crippen LogP contribution >= 0.6 is 23.4 Å². The van der Waals surface area contributed by atoms with Gasteiger partial charge < -0.3 is 19.8 Å². The largest absolute Gasteiger partial charge is 0.495 e. The third kappa shape index (κ3) is 5.90. The summed E-state index contributed by atoms with van der Waals surface area (Å²) in [4.78, 5) is 41.6. The Hall–Kier alpha value is -4.47. The number of ether oxygens (including phenoxy) is 1. The minimum atomic E-state index is -0.473. The zero-order chi connectivity index (χ0) is 28.2. The predicted molar refractivity (Wildman–Crippen MR) is 154 cm³/mol. The molecule has 2 heterocycles. The van der Waals surface area contributed by atoms with E-state index >= 15 is 0 Å². The molecule has 40 heavy (non-hydrogen) atoms. The summed E-state index contributed by atoms with van der Waals surface area (Å²) in [6.45, 7) is 1.92. The SMILES string of the molecule is COc1ccc(C)cc1NC1=C(Sc2ccc(NC(=O)c3ccc(Cl)cc3)cc2)C(=O)N(Cc2ccco2)C1=O. The van der Waals surface area contributed by atoms with E-state index in [2.05, 4.69) is 10.6 Å². The number of aryl methyl sites for hydroxylation is 1. The maximum atomic E-state index is 13.5. The van der Waals surface area contributed by atoms with E-state index in [1.54, 1.807) is 66.7 Å². The zero-order valence-electron chi connectivity index (χ0n) is 21.6. The number of benzene rings is 3. The van der Waals surface area contributed by atoms with Gasteiger partial charge in [-0.25, -0.2) is 0 Å². The maximum absolute atomic E-state index is 13.5. The Kier molecular flexibility index (Phi) is 7.95. The number of thioether (sulfide) groups is 1. The number of nitrogens with one attached hydrogen (secondary N) is 2. The monoisotopic (exact) mass is 573 g/mol. The van der Waals surface area contributed by atoms with E-state index in [-0.39, 0.29) is 23.1 Å². The Morgan fingerprint density at radius 2 is 1.75 bits per heavy atom. The van der Waals surface area contributed by atoms with Crippen molar-refractivity contribution in [3.63, 3.8) is 0 Å². The van der Waals surface area contributed by atoms with Crippen LogP contribution in [0.25, 0.3) is 0 Å². The summed E-state index contributed by atoms with van der Waals surface area (Å²) in [5, 5.41) is 6.53. The van der Waals surface area contributed by atoms with Crippen molar-refractivity contribution >= 4 is 52.5 Å². The van der Waals surface area contributed by atoms with Gasteiger partial charge in [0.1, 0.15) is 22.1 Å². The molecule has 0 spiro atoms. The number of amides is 3. The maximum Gasteiger partial charge on any atom is 0.278 e. The third-order valence-electron chi connectivity index (χ3n) is 6.07. The van der Waals surface area contributed by atoms with Crippen LogP contribution in [0.5, 0.6) is 5.75 Å². The van der Waals surface area contributed by atoms with Crippen molar-refractivity contribution in [2.24, 2.45) is 0 Å². The van der Waals surface area contributed by atoms with Crippen LogP contribution in [0.3, 0.4) is 0 Å². The lowest BCUT2D eigenvalue weighted by atomic mass is 10.2. The number of carbonyl (C=O) groups is 3. The van der Waals surface area contributed by atoms with E-state index in [0.717, 1.165) is 22.2 Å². The Labute approximate surface area is 240 Å². The lowest BCUT2D eigenvalue weighted by Crippen LogP contribution is -2.31. The highest BCUT2D eigenvalue weighted by Crippen LogP contribution is 2.38. The van der Waals surface area contributed by atoms with E-state index < -0.39 is 11.8 Å². The van der Waals surface area contributed by atoms with Gasteiger partial charge in [-0.05, 0) is 85.3 Å². The van der Waals surface area contributed by atoms with Crippen LogP contribution in [0.1, 0.15) is 21.7 Å². The molecule has 1 aliphatic rings. The van der Waals surface area contributed by atoms with Crippen LogP contribution in [0, 0.1) is 6.92 Å². The molecule has 5 rings (SSSR count). The van der Waals surface area contributed by atoms with E-state index in [1.165, 1.54) is 13.4 Å². The van der Waals surface area contributed by atoms with E-state index in [0.29, 0.717) is 38.4 Å². The highest BCUT2D eigenvalue weighted by molar-refractivity contribution is 8.04. The van der Waals surface area contributed by atoms with Gasteiger partial charge >= 0.3 is 0 Å². The van der Waals surface area contributed by atoms with Crippen molar-refractivity contribution in [3.05, 3.63) is 118 Å². The topological polar surface area (TPSA) is 101 Å². The van der Waals surface area contributed by atoms with Crippen LogP contribution in [0.2, 0.25) is 5.02 Å². The number of anilines is 2. The molecule has 0 bridgehead atoms. The standard InChI is InChI=1S/C30H24ClN3O5S/c1-18-5-14-25(38-2)24(16-18)33-26-27(30(37)34(29(26)36)17-22-4-3-15-39-22)40-23-12-10-21(11-13-23)32-28(35)19-6-8-20(31)9-7-19/h3-16,33H,17H2,1-2H3,(H,32,35). The molecule has 4 aromatic rings. The molecule has 8 nitrogen and oxygen atoms in total. The molecular formula is C30H24ClN3O5S. The number of methoxy groups -OCH3 is 1. The van der Waals surface area contributed by atoms with Crippen LogP contribution in [0.15, 0.2) is 105 Å². The molecule has 202 valence electrons. The van der Waals surface area contributed by atoms with Crippen molar-refractivity contribution in [2.45, 2.75) is 18.4 Å². The number of hydrogen-bond acceptors (Lipinski definition) is 7. The molecule has 0 saturated heterocycles. The van der Waals surface area contributed by atoms with Crippen LogP contribution in [-0.4, -0.2) is 29.7 Å². The molecule has 3 aromatic carbocycles. The highest BCUT2D eigenvalue weighted by Gasteiger charge is 2.40. The average Bonchev–Trinajstić information content (AvgIpc) is 3.54. The molecule has 0 saturated carbocycles. The Morgan fingerprint density at radius 3 is 2.42 bits per heavy atom. The first-order valence-electron chi connectivity index (χ1n) is 12.2. The highest BCUT2D eigenvalue weighted by atomic mass is 35.5.